The standard InChI is InChI=1S/C19H18N2O5S/c22-18-16-6-1-2-7-17(16)19(23)21(18)13-14-4-3-5-15(12-14)27(24,25)20-8-10-26-11-9-20/h1-7,12H,8-11,13H2. The van der Waals surface area contributed by atoms with Crippen LogP contribution in [0.3, 0.4) is 0 Å². The third kappa shape index (κ3) is 3.16. The van der Waals surface area contributed by atoms with Gasteiger partial charge in [0.2, 0.25) is 10.0 Å². The van der Waals surface area contributed by atoms with Gasteiger partial charge in [0.25, 0.3) is 11.8 Å². The Kier molecular flexibility index (Phi) is 4.55. The zero-order valence-corrected chi connectivity index (χ0v) is 15.3. The Bertz CT molecular complexity index is 977. The molecular weight excluding hydrogens is 368 g/mol. The van der Waals surface area contributed by atoms with Crippen LogP contribution >= 0.6 is 0 Å². The Morgan fingerprint density at radius 3 is 2.15 bits per heavy atom. The maximum absolute atomic E-state index is 12.8. The Hall–Kier alpha value is -2.55. The fourth-order valence-electron chi connectivity index (χ4n) is 3.31. The topological polar surface area (TPSA) is 84.0 Å². The molecule has 0 aliphatic carbocycles. The van der Waals surface area contributed by atoms with Crippen molar-refractivity contribution in [1.29, 1.82) is 0 Å². The highest BCUT2D eigenvalue weighted by molar-refractivity contribution is 7.89. The quantitative estimate of drug-likeness (QED) is 0.744. The summed E-state index contributed by atoms with van der Waals surface area (Å²) in [6.07, 6.45) is 0. The van der Waals surface area contributed by atoms with Crippen LogP contribution in [0.4, 0.5) is 0 Å². The highest BCUT2D eigenvalue weighted by atomic mass is 32.2. The molecule has 0 spiro atoms. The van der Waals surface area contributed by atoms with Gasteiger partial charge in [0.15, 0.2) is 0 Å². The molecule has 2 aliphatic rings. The Morgan fingerprint density at radius 1 is 0.889 bits per heavy atom. The zero-order chi connectivity index (χ0) is 19.0. The van der Waals surface area contributed by atoms with Crippen LogP contribution in [0.15, 0.2) is 53.4 Å². The monoisotopic (exact) mass is 386 g/mol. The molecule has 2 amide bonds. The summed E-state index contributed by atoms with van der Waals surface area (Å²) in [6.45, 7) is 1.39. The number of imide groups is 1. The van der Waals surface area contributed by atoms with Crippen molar-refractivity contribution in [2.45, 2.75) is 11.4 Å². The molecule has 8 heteroatoms. The molecule has 2 aromatic carbocycles. The number of fused-ring (bicyclic) bond motifs is 1. The van der Waals surface area contributed by atoms with Gasteiger partial charge in [0.05, 0.1) is 35.8 Å². The van der Waals surface area contributed by atoms with Crippen LogP contribution < -0.4 is 0 Å². The first-order valence-electron chi connectivity index (χ1n) is 8.60. The highest BCUT2D eigenvalue weighted by Crippen LogP contribution is 2.25. The van der Waals surface area contributed by atoms with E-state index in [2.05, 4.69) is 0 Å². The first kappa shape index (κ1) is 17.8. The molecule has 0 N–H and O–H groups in total. The van der Waals surface area contributed by atoms with Gasteiger partial charge in [0.1, 0.15) is 0 Å². The number of rotatable bonds is 4. The van der Waals surface area contributed by atoms with Crippen LogP contribution in [0, 0.1) is 0 Å². The molecule has 2 aromatic rings. The number of carbonyl (C=O) groups excluding carboxylic acids is 2. The summed E-state index contributed by atoms with van der Waals surface area (Å²) in [7, 11) is -3.63. The van der Waals surface area contributed by atoms with Crippen molar-refractivity contribution in [2.24, 2.45) is 0 Å². The lowest BCUT2D eigenvalue weighted by Gasteiger charge is -2.26. The normalized spacial score (nSPS) is 18.0. The summed E-state index contributed by atoms with van der Waals surface area (Å²) in [5.41, 5.74) is 1.33. The smallest absolute Gasteiger partial charge is 0.261 e. The van der Waals surface area contributed by atoms with E-state index in [0.717, 1.165) is 4.90 Å². The number of ether oxygens (including phenoxy) is 1. The molecule has 0 unspecified atom stereocenters. The molecule has 2 heterocycles. The maximum atomic E-state index is 12.8. The Balaban J connectivity index is 1.59. The van der Waals surface area contributed by atoms with E-state index in [4.69, 9.17) is 4.74 Å². The number of sulfonamides is 1. The summed E-state index contributed by atoms with van der Waals surface area (Å²) in [5.74, 6) is -0.728. The minimum atomic E-state index is -3.63. The molecule has 0 saturated carbocycles. The molecule has 0 bridgehead atoms. The van der Waals surface area contributed by atoms with Crippen LogP contribution in [-0.2, 0) is 21.3 Å². The molecule has 1 saturated heterocycles. The lowest BCUT2D eigenvalue weighted by atomic mass is 10.1. The second kappa shape index (κ2) is 6.88. The fraction of sp³-hybridized carbons (Fsp3) is 0.263. The average molecular weight is 386 g/mol. The van der Waals surface area contributed by atoms with E-state index in [9.17, 15) is 18.0 Å². The minimum Gasteiger partial charge on any atom is -0.379 e. The van der Waals surface area contributed by atoms with Gasteiger partial charge in [-0.1, -0.05) is 24.3 Å². The zero-order valence-electron chi connectivity index (χ0n) is 14.5. The second-order valence-electron chi connectivity index (χ2n) is 6.41. The van der Waals surface area contributed by atoms with Crippen LogP contribution in [0.25, 0.3) is 0 Å². The second-order valence-corrected chi connectivity index (χ2v) is 8.34. The van der Waals surface area contributed by atoms with Gasteiger partial charge in [-0.25, -0.2) is 8.42 Å². The van der Waals surface area contributed by atoms with Crippen molar-refractivity contribution in [3.05, 3.63) is 65.2 Å². The lowest BCUT2D eigenvalue weighted by Crippen LogP contribution is -2.40. The van der Waals surface area contributed by atoms with Crippen molar-refractivity contribution >= 4 is 21.8 Å². The molecule has 0 atom stereocenters. The van der Waals surface area contributed by atoms with E-state index in [-0.39, 0.29) is 23.3 Å². The fourth-order valence-corrected chi connectivity index (χ4v) is 4.78. The summed E-state index contributed by atoms with van der Waals surface area (Å²) < 4.78 is 32.2. The maximum Gasteiger partial charge on any atom is 0.261 e. The number of hydrogen-bond acceptors (Lipinski definition) is 5. The minimum absolute atomic E-state index is 0.0266. The van der Waals surface area contributed by atoms with Gasteiger partial charge in [-0.2, -0.15) is 4.31 Å². The molecular formula is C19H18N2O5S. The number of amides is 2. The molecule has 140 valence electrons. The van der Waals surface area contributed by atoms with Crippen molar-refractivity contribution in [3.8, 4) is 0 Å². The summed E-state index contributed by atoms with van der Waals surface area (Å²) in [4.78, 5) is 26.3. The van der Waals surface area contributed by atoms with Gasteiger partial charge in [-0.3, -0.25) is 14.5 Å². The lowest BCUT2D eigenvalue weighted by molar-refractivity contribution is 0.0642. The first-order chi connectivity index (χ1) is 13.0. The van der Waals surface area contributed by atoms with Gasteiger partial charge in [0, 0.05) is 13.1 Å². The van der Waals surface area contributed by atoms with Gasteiger partial charge in [-0.15, -0.1) is 0 Å². The predicted octanol–water partition coefficient (Wildman–Crippen LogP) is 1.50. The molecule has 4 rings (SSSR count). The Labute approximate surface area is 157 Å². The largest absolute Gasteiger partial charge is 0.379 e. The third-order valence-corrected chi connectivity index (χ3v) is 6.62. The van der Waals surface area contributed by atoms with E-state index in [1.807, 2.05) is 0 Å². The van der Waals surface area contributed by atoms with E-state index < -0.39 is 10.0 Å². The molecule has 0 radical (unpaired) electrons. The number of hydrogen-bond donors (Lipinski definition) is 0. The molecule has 2 aliphatic heterocycles. The molecule has 0 aromatic heterocycles. The number of nitrogens with zero attached hydrogens (tertiary/aromatic N) is 2. The molecule has 1 fully saturated rings. The van der Waals surface area contributed by atoms with Crippen LogP contribution in [0.2, 0.25) is 0 Å². The van der Waals surface area contributed by atoms with Gasteiger partial charge < -0.3 is 4.74 Å². The van der Waals surface area contributed by atoms with Crippen molar-refractivity contribution in [3.63, 3.8) is 0 Å². The van der Waals surface area contributed by atoms with Crippen molar-refractivity contribution in [2.75, 3.05) is 26.3 Å². The van der Waals surface area contributed by atoms with Crippen LogP contribution in [0.1, 0.15) is 26.3 Å². The molecule has 7 nitrogen and oxygen atoms in total. The predicted molar refractivity (Wildman–Crippen MR) is 96.7 cm³/mol. The van der Waals surface area contributed by atoms with E-state index in [1.165, 1.54) is 16.4 Å². The Morgan fingerprint density at radius 2 is 1.52 bits per heavy atom. The summed E-state index contributed by atoms with van der Waals surface area (Å²) >= 11 is 0. The summed E-state index contributed by atoms with van der Waals surface area (Å²) in [6, 6.07) is 13.0. The van der Waals surface area contributed by atoms with Gasteiger partial charge >= 0.3 is 0 Å². The van der Waals surface area contributed by atoms with E-state index >= 15 is 0 Å². The average Bonchev–Trinajstić information content (AvgIpc) is 2.94. The summed E-state index contributed by atoms with van der Waals surface area (Å²) in [5, 5.41) is 0. The van der Waals surface area contributed by atoms with E-state index in [0.29, 0.717) is 43.0 Å². The number of morpholine rings is 1. The third-order valence-electron chi connectivity index (χ3n) is 4.73. The molecule has 27 heavy (non-hydrogen) atoms. The van der Waals surface area contributed by atoms with E-state index in [1.54, 1.807) is 36.4 Å². The van der Waals surface area contributed by atoms with Crippen LogP contribution in [-0.4, -0.2) is 55.7 Å². The number of benzene rings is 2. The number of carbonyl (C=O) groups is 2. The van der Waals surface area contributed by atoms with Crippen LogP contribution in [0.5, 0.6) is 0 Å². The van der Waals surface area contributed by atoms with Crippen molar-refractivity contribution < 1.29 is 22.7 Å². The van der Waals surface area contributed by atoms with Crippen molar-refractivity contribution in [1.82, 2.24) is 9.21 Å². The van der Waals surface area contributed by atoms with Gasteiger partial charge in [-0.05, 0) is 29.8 Å². The first-order valence-corrected chi connectivity index (χ1v) is 10.0. The SMILES string of the molecule is O=C1c2ccccc2C(=O)N1Cc1cccc(S(=O)(=O)N2CCOCC2)c1. The highest BCUT2D eigenvalue weighted by Gasteiger charge is 2.35.